The molecule has 0 bridgehead atoms. The monoisotopic (exact) mass is 431 g/mol. The minimum atomic E-state index is 0.406. The summed E-state index contributed by atoms with van der Waals surface area (Å²) in [6.07, 6.45) is 4.79. The highest BCUT2D eigenvalue weighted by Crippen LogP contribution is 2.29. The van der Waals surface area contributed by atoms with Crippen molar-refractivity contribution in [2.75, 3.05) is 16.4 Å². The molecule has 4 rings (SSSR count). The maximum Gasteiger partial charge on any atom is 0.229 e. The number of hydrogen-bond acceptors (Lipinski definition) is 7. The van der Waals surface area contributed by atoms with Crippen LogP contribution in [0.15, 0.2) is 60.8 Å². The molecule has 1 heterocycles. The Morgan fingerprint density at radius 3 is 2.39 bits per heavy atom. The van der Waals surface area contributed by atoms with Gasteiger partial charge in [0.2, 0.25) is 5.95 Å². The van der Waals surface area contributed by atoms with Crippen molar-refractivity contribution in [3.05, 3.63) is 83.1 Å². The van der Waals surface area contributed by atoms with Crippen molar-refractivity contribution < 1.29 is 0 Å². The molecule has 0 fully saturated rings. The standard InChI is InChI=1S/C26H21N7/c1-16-10-18(4-3-9-27)11-17(2)24(16)32-25-23(29)15-30-26(33-25)31-22-8-7-20-12-19(14-28)5-6-21(20)13-22/h3-8,10-13,15H,29H2,1-2H3,(H2,30,31,32,33)/b4-3+. The zero-order valence-corrected chi connectivity index (χ0v) is 18.2. The lowest BCUT2D eigenvalue weighted by Crippen LogP contribution is -2.06. The largest absolute Gasteiger partial charge is 0.394 e. The number of benzene rings is 3. The van der Waals surface area contributed by atoms with Gasteiger partial charge in [-0.1, -0.05) is 12.1 Å². The van der Waals surface area contributed by atoms with E-state index in [0.717, 1.165) is 38.8 Å². The van der Waals surface area contributed by atoms with Crippen LogP contribution in [0.25, 0.3) is 16.8 Å². The van der Waals surface area contributed by atoms with Gasteiger partial charge < -0.3 is 16.4 Å². The highest BCUT2D eigenvalue weighted by molar-refractivity contribution is 5.87. The molecule has 0 aliphatic carbocycles. The van der Waals surface area contributed by atoms with Gasteiger partial charge in [-0.3, -0.25) is 0 Å². The number of nitrogen functional groups attached to an aromatic ring is 1. The molecule has 0 aliphatic rings. The number of allylic oxidation sites excluding steroid dienone is 1. The zero-order chi connectivity index (χ0) is 23.4. The Bertz CT molecular complexity index is 1450. The molecule has 33 heavy (non-hydrogen) atoms. The second-order valence-corrected chi connectivity index (χ2v) is 7.63. The summed E-state index contributed by atoms with van der Waals surface area (Å²) in [5.74, 6) is 0.905. The van der Waals surface area contributed by atoms with E-state index < -0.39 is 0 Å². The first kappa shape index (κ1) is 21.4. The van der Waals surface area contributed by atoms with E-state index in [9.17, 15) is 0 Å². The van der Waals surface area contributed by atoms with Crippen LogP contribution in [0.1, 0.15) is 22.3 Å². The lowest BCUT2D eigenvalue weighted by atomic mass is 10.0. The summed E-state index contributed by atoms with van der Waals surface area (Å²) in [6, 6.07) is 19.5. The van der Waals surface area contributed by atoms with Crippen LogP contribution < -0.4 is 16.4 Å². The number of nitriles is 2. The molecule has 0 atom stereocenters. The van der Waals surface area contributed by atoms with Crippen molar-refractivity contribution in [2.24, 2.45) is 0 Å². The molecule has 7 heteroatoms. The zero-order valence-electron chi connectivity index (χ0n) is 18.2. The van der Waals surface area contributed by atoms with Crippen LogP contribution in [-0.4, -0.2) is 9.97 Å². The quantitative estimate of drug-likeness (QED) is 0.345. The Morgan fingerprint density at radius 1 is 0.939 bits per heavy atom. The van der Waals surface area contributed by atoms with Crippen LogP contribution >= 0.6 is 0 Å². The van der Waals surface area contributed by atoms with Crippen LogP contribution in [0.5, 0.6) is 0 Å². The molecule has 160 valence electrons. The molecule has 3 aromatic carbocycles. The molecule has 4 aromatic rings. The fourth-order valence-electron chi connectivity index (χ4n) is 3.62. The third-order valence-corrected chi connectivity index (χ3v) is 5.19. The van der Waals surface area contributed by atoms with E-state index in [1.54, 1.807) is 18.3 Å². The molecule has 0 spiro atoms. The van der Waals surface area contributed by atoms with Crippen LogP contribution in [-0.2, 0) is 0 Å². The SMILES string of the molecule is Cc1cc(/C=C/C#N)cc(C)c1Nc1nc(Nc2ccc3cc(C#N)ccc3c2)ncc1N. The molecule has 0 saturated heterocycles. The smallest absolute Gasteiger partial charge is 0.229 e. The number of nitrogens with one attached hydrogen (secondary N) is 2. The summed E-state index contributed by atoms with van der Waals surface area (Å²) in [4.78, 5) is 8.87. The molecular formula is C26H21N7. The van der Waals surface area contributed by atoms with Crippen LogP contribution in [0.2, 0.25) is 0 Å². The number of fused-ring (bicyclic) bond motifs is 1. The third kappa shape index (κ3) is 4.73. The van der Waals surface area contributed by atoms with Crippen molar-refractivity contribution in [2.45, 2.75) is 13.8 Å². The van der Waals surface area contributed by atoms with E-state index in [1.807, 2.05) is 62.4 Å². The maximum atomic E-state index is 9.07. The molecule has 0 amide bonds. The van der Waals surface area contributed by atoms with E-state index >= 15 is 0 Å². The van der Waals surface area contributed by atoms with E-state index in [1.165, 1.54) is 6.08 Å². The average Bonchev–Trinajstić information content (AvgIpc) is 2.81. The molecule has 4 N–H and O–H groups in total. The van der Waals surface area contributed by atoms with Gasteiger partial charge in [-0.05, 0) is 83.8 Å². The predicted octanol–water partition coefficient (Wildman–Crippen LogP) is 5.72. The number of rotatable bonds is 5. The number of nitrogens with zero attached hydrogens (tertiary/aromatic N) is 4. The van der Waals surface area contributed by atoms with E-state index in [-0.39, 0.29) is 0 Å². The van der Waals surface area contributed by atoms with Crippen molar-refractivity contribution in [1.29, 1.82) is 10.5 Å². The van der Waals surface area contributed by atoms with Gasteiger partial charge in [0, 0.05) is 17.5 Å². The number of hydrogen-bond donors (Lipinski definition) is 3. The highest BCUT2D eigenvalue weighted by atomic mass is 15.2. The van der Waals surface area contributed by atoms with Gasteiger partial charge in [-0.15, -0.1) is 0 Å². The Balaban J connectivity index is 1.60. The summed E-state index contributed by atoms with van der Waals surface area (Å²) in [5.41, 5.74) is 11.9. The first-order valence-electron chi connectivity index (χ1n) is 10.2. The number of aryl methyl sites for hydroxylation is 2. The number of anilines is 5. The second kappa shape index (κ2) is 9.09. The fourth-order valence-corrected chi connectivity index (χ4v) is 3.62. The van der Waals surface area contributed by atoms with Crippen molar-refractivity contribution >= 4 is 45.7 Å². The predicted molar refractivity (Wildman–Crippen MR) is 132 cm³/mol. The topological polar surface area (TPSA) is 123 Å². The van der Waals surface area contributed by atoms with Gasteiger partial charge in [0.05, 0.1) is 29.6 Å². The first-order chi connectivity index (χ1) is 16.0. The number of aromatic nitrogens is 2. The van der Waals surface area contributed by atoms with Crippen molar-refractivity contribution in [1.82, 2.24) is 9.97 Å². The average molecular weight is 432 g/mol. The fraction of sp³-hybridized carbons (Fsp3) is 0.0769. The molecule has 0 aliphatic heterocycles. The summed E-state index contributed by atoms with van der Waals surface area (Å²) in [7, 11) is 0. The maximum absolute atomic E-state index is 9.07. The van der Waals surface area contributed by atoms with Crippen LogP contribution in [0.4, 0.5) is 28.8 Å². The molecule has 0 saturated carbocycles. The van der Waals surface area contributed by atoms with Crippen molar-refractivity contribution in [3.63, 3.8) is 0 Å². The van der Waals surface area contributed by atoms with Gasteiger partial charge in [0.1, 0.15) is 0 Å². The van der Waals surface area contributed by atoms with Gasteiger partial charge in [0.15, 0.2) is 5.82 Å². The molecule has 1 aromatic heterocycles. The second-order valence-electron chi connectivity index (χ2n) is 7.63. The molecule has 7 nitrogen and oxygen atoms in total. The van der Waals surface area contributed by atoms with E-state index in [4.69, 9.17) is 16.3 Å². The van der Waals surface area contributed by atoms with Gasteiger partial charge in [0.25, 0.3) is 0 Å². The van der Waals surface area contributed by atoms with E-state index in [0.29, 0.717) is 23.0 Å². The van der Waals surface area contributed by atoms with Gasteiger partial charge in [-0.2, -0.15) is 15.5 Å². The van der Waals surface area contributed by atoms with Gasteiger partial charge in [-0.25, -0.2) is 4.98 Å². The van der Waals surface area contributed by atoms with Crippen LogP contribution in [0, 0.1) is 36.5 Å². The van der Waals surface area contributed by atoms with E-state index in [2.05, 4.69) is 26.7 Å². The highest BCUT2D eigenvalue weighted by Gasteiger charge is 2.10. The Morgan fingerprint density at radius 2 is 1.67 bits per heavy atom. The lowest BCUT2D eigenvalue weighted by molar-refractivity contribution is 1.17. The third-order valence-electron chi connectivity index (χ3n) is 5.19. The lowest BCUT2D eigenvalue weighted by Gasteiger charge is -2.15. The Hall–Kier alpha value is -4.88. The van der Waals surface area contributed by atoms with Crippen LogP contribution in [0.3, 0.4) is 0 Å². The van der Waals surface area contributed by atoms with Crippen molar-refractivity contribution in [3.8, 4) is 12.1 Å². The summed E-state index contributed by atoms with van der Waals surface area (Å²) >= 11 is 0. The molecule has 0 unspecified atom stereocenters. The summed E-state index contributed by atoms with van der Waals surface area (Å²) in [5, 5.41) is 26.4. The summed E-state index contributed by atoms with van der Waals surface area (Å²) in [6.45, 7) is 3.98. The Labute approximate surface area is 191 Å². The first-order valence-corrected chi connectivity index (χ1v) is 10.2. The number of nitrogens with two attached hydrogens (primary N) is 1. The minimum Gasteiger partial charge on any atom is -0.394 e. The normalized spacial score (nSPS) is 10.7. The minimum absolute atomic E-state index is 0.406. The molecular weight excluding hydrogens is 410 g/mol. The molecule has 0 radical (unpaired) electrons. The van der Waals surface area contributed by atoms with Gasteiger partial charge >= 0.3 is 0 Å². The summed E-state index contributed by atoms with van der Waals surface area (Å²) < 4.78 is 0. The Kier molecular flexibility index (Phi) is 5.88.